The van der Waals surface area contributed by atoms with Gasteiger partial charge >= 0.3 is 0 Å². The second kappa shape index (κ2) is 17.2. The predicted octanol–water partition coefficient (Wildman–Crippen LogP) is 20.1. The molecule has 0 atom stereocenters. The van der Waals surface area contributed by atoms with Crippen molar-refractivity contribution in [3.8, 4) is 11.1 Å². The van der Waals surface area contributed by atoms with Gasteiger partial charge in [-0.2, -0.15) is 0 Å². The fourth-order valence-electron chi connectivity index (χ4n) is 12.4. The zero-order valence-electron chi connectivity index (χ0n) is 46.4. The Kier molecular flexibility index (Phi) is 12.2. The topological polar surface area (TPSA) is 6.48 Å². The van der Waals surface area contributed by atoms with E-state index in [-0.39, 0.29) is 26.3 Å². The zero-order valence-corrected chi connectivity index (χ0v) is 48.4. The van der Waals surface area contributed by atoms with Crippen LogP contribution < -0.4 is 9.80 Å². The van der Waals surface area contributed by atoms with Crippen molar-refractivity contribution in [1.29, 1.82) is 0 Å². The molecule has 0 aliphatic heterocycles. The lowest BCUT2D eigenvalue weighted by molar-refractivity contribution is 0.590. The molecule has 1 aliphatic carbocycles. The largest absolute Gasteiger partial charge is 0.310 e. The molecule has 8 aromatic rings. The van der Waals surface area contributed by atoms with Gasteiger partial charge in [-0.1, -0.05) is 219 Å². The minimum atomic E-state index is -2.21. The molecule has 0 bridgehead atoms. The van der Waals surface area contributed by atoms with Crippen LogP contribution in [0, 0.1) is 0 Å². The SMILES string of the molecule is CC(C)(C)c1ccc(N(c2ccc(C(C)(C)C)cc2)c2cc3c(c4ccccc24)-c2c(cc(N(c4ccc(C(C)(C)C)cc4)c4ccc(C(C)(C)C)cc4)c4ccccc24)C3([Si](C)(C)C)[Si](C)(C)C)cc1. The molecule has 0 fully saturated rings. The van der Waals surface area contributed by atoms with Crippen LogP contribution in [-0.2, 0) is 26.3 Å². The summed E-state index contributed by atoms with van der Waals surface area (Å²) >= 11 is 0. The Morgan fingerprint density at radius 1 is 0.310 bits per heavy atom. The molecule has 0 aromatic heterocycles. The Balaban J connectivity index is 1.40. The number of benzene rings is 8. The Labute approximate surface area is 430 Å². The van der Waals surface area contributed by atoms with Gasteiger partial charge in [-0.15, -0.1) is 0 Å². The Hall–Kier alpha value is -5.69. The third-order valence-electron chi connectivity index (χ3n) is 15.8. The van der Waals surface area contributed by atoms with Gasteiger partial charge in [0.2, 0.25) is 0 Å². The standard InChI is InChI=1S/C67H80N2Si2/c1-63(2,3)45-27-35-49(36-28-45)68(50-37-29-46(30-38-50)64(4,5)6)59-43-57-61(55-25-21-19-23-53(55)59)62-56-26-22-20-24-54(56)60(44-58(62)67(57,70(13,14)15)71(16,17)18)69(51-39-31-47(32-40-51)65(7,8)9)52-41-33-48(34-42-52)66(10,11)12/h19-44H,1-18H3. The van der Waals surface area contributed by atoms with Gasteiger partial charge in [-0.25, -0.2) is 0 Å². The molecule has 71 heavy (non-hydrogen) atoms. The van der Waals surface area contributed by atoms with Crippen molar-refractivity contribution >= 4 is 71.8 Å². The first kappa shape index (κ1) is 50.3. The Morgan fingerprint density at radius 3 is 0.746 bits per heavy atom. The van der Waals surface area contributed by atoms with E-state index >= 15 is 0 Å². The van der Waals surface area contributed by atoms with E-state index in [9.17, 15) is 0 Å². The molecular weight excluding hydrogens is 889 g/mol. The van der Waals surface area contributed by atoms with Crippen LogP contribution in [0.5, 0.6) is 0 Å². The first-order valence-electron chi connectivity index (χ1n) is 26.2. The zero-order chi connectivity index (χ0) is 51.4. The first-order valence-corrected chi connectivity index (χ1v) is 33.2. The summed E-state index contributed by atoms with van der Waals surface area (Å²) < 4.78 is -0.169. The molecule has 0 amide bonds. The average molecular weight is 970 g/mol. The normalized spacial score (nSPS) is 14.2. The van der Waals surface area contributed by atoms with Gasteiger partial charge < -0.3 is 9.80 Å². The van der Waals surface area contributed by atoms with E-state index in [1.54, 1.807) is 0 Å². The van der Waals surface area contributed by atoms with Crippen LogP contribution in [0.2, 0.25) is 39.3 Å². The number of rotatable bonds is 8. The lowest BCUT2D eigenvalue weighted by Gasteiger charge is -2.51. The second-order valence-electron chi connectivity index (χ2n) is 26.8. The van der Waals surface area contributed by atoms with Crippen LogP contribution in [0.1, 0.15) is 116 Å². The van der Waals surface area contributed by atoms with Crippen molar-refractivity contribution < 1.29 is 0 Å². The number of hydrogen-bond donors (Lipinski definition) is 0. The number of anilines is 6. The van der Waals surface area contributed by atoms with E-state index in [1.807, 2.05) is 0 Å². The van der Waals surface area contributed by atoms with Crippen molar-refractivity contribution in [2.24, 2.45) is 0 Å². The third kappa shape index (κ3) is 8.61. The van der Waals surface area contributed by atoms with Crippen molar-refractivity contribution in [3.63, 3.8) is 0 Å². The summed E-state index contributed by atoms with van der Waals surface area (Å²) in [6, 6.07) is 61.7. The van der Waals surface area contributed by atoms with Crippen LogP contribution in [0.3, 0.4) is 0 Å². The lowest BCUT2D eigenvalue weighted by Crippen LogP contribution is -2.63. The average Bonchev–Trinajstić information content (AvgIpc) is 3.61. The molecule has 0 heterocycles. The van der Waals surface area contributed by atoms with Crippen LogP contribution in [0.4, 0.5) is 34.1 Å². The molecule has 0 saturated heterocycles. The minimum absolute atomic E-state index is 0.0427. The molecular formula is C67H80N2Si2. The van der Waals surface area contributed by atoms with Crippen LogP contribution in [-0.4, -0.2) is 16.1 Å². The maximum atomic E-state index is 2.69. The summed E-state index contributed by atoms with van der Waals surface area (Å²) in [4.78, 5) is 5.13. The molecule has 0 N–H and O–H groups in total. The predicted molar refractivity (Wildman–Crippen MR) is 319 cm³/mol. The first-order chi connectivity index (χ1) is 33.0. The summed E-state index contributed by atoms with van der Waals surface area (Å²) in [5, 5.41) is 5.19. The molecule has 0 saturated carbocycles. The number of fused-ring (bicyclic) bond motifs is 7. The summed E-state index contributed by atoms with van der Waals surface area (Å²) in [7, 11) is -4.42. The van der Waals surface area contributed by atoms with E-state index < -0.39 is 16.1 Å². The van der Waals surface area contributed by atoms with Gasteiger partial charge in [0.05, 0.1) is 27.5 Å². The maximum Gasteiger partial charge on any atom is 0.0579 e. The molecule has 0 radical (unpaired) electrons. The monoisotopic (exact) mass is 969 g/mol. The minimum Gasteiger partial charge on any atom is -0.310 e. The van der Waals surface area contributed by atoms with Crippen molar-refractivity contribution in [1.82, 2.24) is 0 Å². The van der Waals surface area contributed by atoms with Gasteiger partial charge in [0.1, 0.15) is 0 Å². The van der Waals surface area contributed by atoms with Crippen molar-refractivity contribution in [3.05, 3.63) is 191 Å². The van der Waals surface area contributed by atoms with E-state index in [2.05, 4.69) is 290 Å². The Bertz CT molecular complexity index is 2920. The van der Waals surface area contributed by atoms with E-state index in [0.29, 0.717) is 0 Å². The summed E-state index contributed by atoms with van der Waals surface area (Å²) in [5.74, 6) is 0. The van der Waals surface area contributed by atoms with Crippen molar-refractivity contribution in [2.45, 2.75) is 149 Å². The number of nitrogens with zero attached hydrogens (tertiary/aromatic N) is 2. The molecule has 0 unspecified atom stereocenters. The van der Waals surface area contributed by atoms with Crippen LogP contribution in [0.25, 0.3) is 32.7 Å². The van der Waals surface area contributed by atoms with Crippen molar-refractivity contribution in [2.75, 3.05) is 9.80 Å². The maximum absolute atomic E-state index is 2.69. The molecule has 8 aromatic carbocycles. The van der Waals surface area contributed by atoms with Crippen LogP contribution >= 0.6 is 0 Å². The highest BCUT2D eigenvalue weighted by Gasteiger charge is 2.60. The molecule has 4 heteroatoms. The Morgan fingerprint density at radius 2 is 0.535 bits per heavy atom. The molecule has 9 rings (SSSR count). The molecule has 0 spiro atoms. The molecule has 366 valence electrons. The quantitative estimate of drug-likeness (QED) is 0.140. The van der Waals surface area contributed by atoms with Gasteiger partial charge in [0.15, 0.2) is 0 Å². The highest BCUT2D eigenvalue weighted by atomic mass is 28.4. The molecule has 2 nitrogen and oxygen atoms in total. The van der Waals surface area contributed by atoms with Gasteiger partial charge in [-0.3, -0.25) is 0 Å². The van der Waals surface area contributed by atoms with Gasteiger partial charge in [-0.05, 0) is 138 Å². The van der Waals surface area contributed by atoms with E-state index in [0.717, 1.165) is 0 Å². The molecule has 1 aliphatic rings. The van der Waals surface area contributed by atoms with Crippen LogP contribution in [0.15, 0.2) is 158 Å². The van der Waals surface area contributed by atoms with E-state index in [1.165, 1.54) is 100 Å². The number of hydrogen-bond acceptors (Lipinski definition) is 2. The summed E-state index contributed by atoms with van der Waals surface area (Å²) in [6.07, 6.45) is 0. The summed E-state index contributed by atoms with van der Waals surface area (Å²) in [6.45, 7) is 43.7. The summed E-state index contributed by atoms with van der Waals surface area (Å²) in [5.41, 5.74) is 18.6. The van der Waals surface area contributed by atoms with Gasteiger partial charge in [0.25, 0.3) is 0 Å². The highest BCUT2D eigenvalue weighted by molar-refractivity contribution is 7.00. The van der Waals surface area contributed by atoms with Gasteiger partial charge in [0, 0.05) is 38.2 Å². The second-order valence-corrected chi connectivity index (χ2v) is 37.8. The fraction of sp³-hybridized carbons (Fsp3) is 0.343. The lowest BCUT2D eigenvalue weighted by atomic mass is 9.86. The fourth-order valence-corrected chi connectivity index (χ4v) is 25.4. The third-order valence-corrected chi connectivity index (χ3v) is 25.9. The van der Waals surface area contributed by atoms with E-state index in [4.69, 9.17) is 0 Å². The smallest absolute Gasteiger partial charge is 0.0579 e. The highest BCUT2D eigenvalue weighted by Crippen LogP contribution is 2.64.